The number of benzene rings is 2. The van der Waals surface area contributed by atoms with Gasteiger partial charge in [-0.3, -0.25) is 4.90 Å². The third-order valence-electron chi connectivity index (χ3n) is 5.26. The predicted octanol–water partition coefficient (Wildman–Crippen LogP) is 3.49. The van der Waals surface area contributed by atoms with Crippen molar-refractivity contribution in [2.45, 2.75) is 25.6 Å². The maximum atomic E-state index is 13.4. The van der Waals surface area contributed by atoms with E-state index in [4.69, 9.17) is 16.3 Å². The van der Waals surface area contributed by atoms with Crippen LogP contribution in [0.2, 0.25) is 5.02 Å². The average molecular weight is 439 g/mol. The van der Waals surface area contributed by atoms with Crippen LogP contribution in [0.3, 0.4) is 0 Å². The summed E-state index contributed by atoms with van der Waals surface area (Å²) in [6.07, 6.45) is 0. The van der Waals surface area contributed by atoms with Crippen molar-refractivity contribution in [3.63, 3.8) is 0 Å². The Morgan fingerprint density at radius 1 is 1.14 bits per heavy atom. The maximum absolute atomic E-state index is 13.4. The largest absolute Gasteiger partial charge is 0.494 e. The van der Waals surface area contributed by atoms with Crippen LogP contribution in [0.15, 0.2) is 42.5 Å². The van der Waals surface area contributed by atoms with E-state index in [2.05, 4.69) is 0 Å². The molecular weight excluding hydrogens is 419 g/mol. The first-order valence-electron chi connectivity index (χ1n) is 9.26. The Balaban J connectivity index is 1.67. The number of sulfone groups is 1. The number of fused-ring (bicyclic) bond motifs is 1. The van der Waals surface area contributed by atoms with E-state index >= 15 is 0 Å². The second-order valence-electron chi connectivity index (χ2n) is 7.15. The molecule has 2 amide bonds. The van der Waals surface area contributed by atoms with Gasteiger partial charge in [-0.25, -0.2) is 17.6 Å². The molecule has 2 aromatic rings. The molecule has 0 bridgehead atoms. The Morgan fingerprint density at radius 2 is 1.83 bits per heavy atom. The lowest BCUT2D eigenvalue weighted by molar-refractivity contribution is 0.206. The highest BCUT2D eigenvalue weighted by Gasteiger charge is 2.53. The van der Waals surface area contributed by atoms with Gasteiger partial charge >= 0.3 is 6.03 Å². The maximum Gasteiger partial charge on any atom is 0.325 e. The lowest BCUT2D eigenvalue weighted by atomic mass is 10.1. The molecule has 2 aliphatic heterocycles. The third-order valence-corrected chi connectivity index (χ3v) is 7.31. The summed E-state index contributed by atoms with van der Waals surface area (Å²) in [7, 11) is -3.28. The molecule has 2 aromatic carbocycles. The fourth-order valence-electron chi connectivity index (χ4n) is 3.97. The van der Waals surface area contributed by atoms with Crippen LogP contribution < -0.4 is 9.64 Å². The number of ether oxygens (including phenoxy) is 1. The van der Waals surface area contributed by atoms with Crippen molar-refractivity contribution < 1.29 is 22.3 Å². The Morgan fingerprint density at radius 3 is 2.48 bits per heavy atom. The molecule has 9 heteroatoms. The van der Waals surface area contributed by atoms with Crippen molar-refractivity contribution in [3.05, 3.63) is 58.9 Å². The minimum Gasteiger partial charge on any atom is -0.494 e. The second kappa shape index (κ2) is 7.50. The zero-order valence-corrected chi connectivity index (χ0v) is 17.3. The van der Waals surface area contributed by atoms with Crippen molar-refractivity contribution in [1.29, 1.82) is 0 Å². The van der Waals surface area contributed by atoms with Gasteiger partial charge in [-0.05, 0) is 48.9 Å². The fraction of sp³-hybridized carbons (Fsp3) is 0.350. The van der Waals surface area contributed by atoms with Crippen molar-refractivity contribution in [1.82, 2.24) is 4.90 Å². The number of hydrogen-bond acceptors (Lipinski definition) is 4. The number of carbonyl (C=O) groups is 1. The number of carbonyl (C=O) groups excluding carboxylic acids is 1. The van der Waals surface area contributed by atoms with Crippen LogP contribution in [0.1, 0.15) is 12.5 Å². The van der Waals surface area contributed by atoms with Gasteiger partial charge in [0.15, 0.2) is 9.84 Å². The molecule has 2 heterocycles. The van der Waals surface area contributed by atoms with Gasteiger partial charge in [-0.1, -0.05) is 17.7 Å². The first-order chi connectivity index (χ1) is 13.8. The van der Waals surface area contributed by atoms with E-state index in [-0.39, 0.29) is 29.1 Å². The summed E-state index contributed by atoms with van der Waals surface area (Å²) in [5, 5.41) is 0.203. The molecule has 0 aromatic heterocycles. The molecule has 29 heavy (non-hydrogen) atoms. The van der Waals surface area contributed by atoms with Gasteiger partial charge in [-0.2, -0.15) is 0 Å². The Kier molecular flexibility index (Phi) is 5.16. The van der Waals surface area contributed by atoms with Gasteiger partial charge in [0.1, 0.15) is 11.6 Å². The van der Waals surface area contributed by atoms with Gasteiger partial charge in [-0.15, -0.1) is 0 Å². The number of amides is 2. The van der Waals surface area contributed by atoms with Crippen molar-refractivity contribution in [2.75, 3.05) is 23.0 Å². The van der Waals surface area contributed by atoms with Crippen LogP contribution in [0.4, 0.5) is 14.9 Å². The van der Waals surface area contributed by atoms with E-state index in [9.17, 15) is 17.6 Å². The molecule has 2 atom stereocenters. The van der Waals surface area contributed by atoms with E-state index in [1.807, 2.05) is 6.92 Å². The van der Waals surface area contributed by atoms with Gasteiger partial charge in [0.2, 0.25) is 0 Å². The molecule has 0 radical (unpaired) electrons. The molecule has 2 fully saturated rings. The lowest BCUT2D eigenvalue weighted by Crippen LogP contribution is -2.37. The number of urea groups is 1. The normalized spacial score (nSPS) is 22.8. The topological polar surface area (TPSA) is 66.9 Å². The van der Waals surface area contributed by atoms with Crippen LogP contribution in [-0.4, -0.2) is 49.5 Å². The van der Waals surface area contributed by atoms with Crippen LogP contribution in [-0.2, 0) is 16.4 Å². The molecule has 6 nitrogen and oxygen atoms in total. The minimum atomic E-state index is -3.28. The SMILES string of the molecule is CCOc1ccc(N2C(=O)N(Cc3ccc(F)cc3Cl)[C@H]3CS(=O)(=O)C[C@@H]32)cc1. The molecule has 0 unspecified atom stereocenters. The van der Waals surface area contributed by atoms with Crippen LogP contribution in [0, 0.1) is 5.82 Å². The summed E-state index contributed by atoms with van der Waals surface area (Å²) < 4.78 is 43.4. The van der Waals surface area contributed by atoms with Crippen LogP contribution >= 0.6 is 11.6 Å². The number of halogens is 2. The van der Waals surface area contributed by atoms with Gasteiger partial charge in [0.25, 0.3) is 0 Å². The number of anilines is 1. The molecule has 2 aliphatic rings. The zero-order chi connectivity index (χ0) is 20.8. The summed E-state index contributed by atoms with van der Waals surface area (Å²) in [4.78, 5) is 16.3. The van der Waals surface area contributed by atoms with E-state index < -0.39 is 27.7 Å². The molecule has 4 rings (SSSR count). The average Bonchev–Trinajstić information content (AvgIpc) is 3.09. The molecule has 0 N–H and O–H groups in total. The number of rotatable bonds is 5. The summed E-state index contributed by atoms with van der Waals surface area (Å²) >= 11 is 6.13. The second-order valence-corrected chi connectivity index (χ2v) is 9.72. The smallest absolute Gasteiger partial charge is 0.325 e. The van der Waals surface area contributed by atoms with E-state index in [1.54, 1.807) is 24.3 Å². The summed E-state index contributed by atoms with van der Waals surface area (Å²) in [6, 6.07) is 9.72. The Labute approximate surface area is 173 Å². The quantitative estimate of drug-likeness (QED) is 0.670. The monoisotopic (exact) mass is 438 g/mol. The highest BCUT2D eigenvalue weighted by atomic mass is 35.5. The van der Waals surface area contributed by atoms with Gasteiger partial charge < -0.3 is 9.64 Å². The predicted molar refractivity (Wildman–Crippen MR) is 109 cm³/mol. The van der Waals surface area contributed by atoms with Crippen LogP contribution in [0.5, 0.6) is 5.75 Å². The molecule has 0 aliphatic carbocycles. The Hall–Kier alpha value is -2.32. The van der Waals surface area contributed by atoms with E-state index in [1.165, 1.54) is 28.0 Å². The highest BCUT2D eigenvalue weighted by molar-refractivity contribution is 7.91. The summed E-state index contributed by atoms with van der Waals surface area (Å²) in [6.45, 7) is 2.52. The lowest BCUT2D eigenvalue weighted by Gasteiger charge is -2.23. The molecule has 0 spiro atoms. The summed E-state index contributed by atoms with van der Waals surface area (Å²) in [5.74, 6) is 0.0114. The third kappa shape index (κ3) is 3.79. The molecule has 0 saturated carbocycles. The summed E-state index contributed by atoms with van der Waals surface area (Å²) in [5.41, 5.74) is 1.18. The molecule has 2 saturated heterocycles. The first-order valence-corrected chi connectivity index (χ1v) is 11.5. The number of nitrogens with zero attached hydrogens (tertiary/aromatic N) is 2. The van der Waals surface area contributed by atoms with Crippen molar-refractivity contribution >= 4 is 33.2 Å². The minimum absolute atomic E-state index is 0.0930. The zero-order valence-electron chi connectivity index (χ0n) is 15.7. The van der Waals surface area contributed by atoms with E-state index in [0.717, 1.165) is 0 Å². The highest BCUT2D eigenvalue weighted by Crippen LogP contribution is 2.37. The standard InChI is InChI=1S/C20H20ClFN2O4S/c1-2-28-16-7-5-15(6-8-16)24-19-12-29(26,27)11-18(19)23(20(24)25)10-13-3-4-14(22)9-17(13)21/h3-9,18-19H,2,10-12H2,1H3/t18-,19-/m0/s1. The van der Waals surface area contributed by atoms with Crippen molar-refractivity contribution in [2.24, 2.45) is 0 Å². The van der Waals surface area contributed by atoms with E-state index in [0.29, 0.717) is 23.6 Å². The number of hydrogen-bond donors (Lipinski definition) is 0. The first kappa shape index (κ1) is 20.0. The van der Waals surface area contributed by atoms with Crippen molar-refractivity contribution in [3.8, 4) is 5.75 Å². The van der Waals surface area contributed by atoms with Gasteiger partial charge in [0, 0.05) is 17.3 Å². The van der Waals surface area contributed by atoms with Crippen LogP contribution in [0.25, 0.3) is 0 Å². The Bertz CT molecular complexity index is 1040. The molecular formula is C20H20ClFN2O4S. The van der Waals surface area contributed by atoms with Gasteiger partial charge in [0.05, 0.1) is 30.2 Å². The molecule has 154 valence electrons. The fourth-order valence-corrected chi connectivity index (χ4v) is 6.14.